The topological polar surface area (TPSA) is 48.7 Å². The van der Waals surface area contributed by atoms with E-state index in [4.69, 9.17) is 9.47 Å². The van der Waals surface area contributed by atoms with Gasteiger partial charge in [0.15, 0.2) is 11.5 Å². The number of piperazine rings is 1. The number of likely N-dealkylation sites (N-methyl/N-ethyl adjacent to an activating group) is 1. The molecule has 0 aromatic heterocycles. The molecule has 2 atom stereocenters. The summed E-state index contributed by atoms with van der Waals surface area (Å²) in [4.78, 5) is 4.73. The molecular weight excluding hydrogens is 314 g/mol. The molecule has 1 aromatic carbocycles. The van der Waals surface area contributed by atoms with Gasteiger partial charge in [-0.3, -0.25) is 9.80 Å². The highest BCUT2D eigenvalue weighted by molar-refractivity contribution is 5.45. The van der Waals surface area contributed by atoms with E-state index in [0.29, 0.717) is 12.6 Å². The fraction of sp³-hybridized carbons (Fsp3) is 0.650. The van der Waals surface area contributed by atoms with Crippen molar-refractivity contribution in [3.63, 3.8) is 0 Å². The highest BCUT2D eigenvalue weighted by Crippen LogP contribution is 2.33. The molecule has 1 fully saturated rings. The van der Waals surface area contributed by atoms with Crippen LogP contribution in [0.1, 0.15) is 45.2 Å². The molecule has 1 aliphatic heterocycles. The van der Waals surface area contributed by atoms with E-state index in [9.17, 15) is 5.26 Å². The minimum Gasteiger partial charge on any atom is -0.493 e. The van der Waals surface area contributed by atoms with E-state index in [0.717, 1.165) is 56.1 Å². The van der Waals surface area contributed by atoms with Gasteiger partial charge in [-0.2, -0.15) is 5.26 Å². The minimum atomic E-state index is -0.249. The molecule has 2 unspecified atom stereocenters. The predicted molar refractivity (Wildman–Crippen MR) is 100 cm³/mol. The Morgan fingerprint density at radius 1 is 1.28 bits per heavy atom. The molecule has 0 bridgehead atoms. The molecule has 1 saturated heterocycles. The first kappa shape index (κ1) is 19.6. The van der Waals surface area contributed by atoms with E-state index in [-0.39, 0.29) is 6.04 Å². The molecule has 0 N–H and O–H groups in total. The van der Waals surface area contributed by atoms with Crippen molar-refractivity contribution in [2.45, 2.75) is 45.7 Å². The quantitative estimate of drug-likeness (QED) is 0.675. The number of hydrogen-bond donors (Lipinski definition) is 0. The minimum absolute atomic E-state index is 0.249. The third-order valence-corrected chi connectivity index (χ3v) is 4.95. The zero-order valence-electron chi connectivity index (χ0n) is 16.0. The van der Waals surface area contributed by atoms with Gasteiger partial charge in [0.2, 0.25) is 0 Å². The Morgan fingerprint density at radius 2 is 2.08 bits per heavy atom. The highest BCUT2D eigenvalue weighted by atomic mass is 16.5. The number of ether oxygens (including phenoxy) is 2. The largest absolute Gasteiger partial charge is 0.493 e. The van der Waals surface area contributed by atoms with Gasteiger partial charge < -0.3 is 9.47 Å². The summed E-state index contributed by atoms with van der Waals surface area (Å²) >= 11 is 0. The van der Waals surface area contributed by atoms with Gasteiger partial charge in [-0.1, -0.05) is 26.3 Å². The lowest BCUT2D eigenvalue weighted by atomic mass is 10.0. The maximum absolute atomic E-state index is 9.80. The normalized spacial score (nSPS) is 20.0. The van der Waals surface area contributed by atoms with Gasteiger partial charge in [-0.25, -0.2) is 0 Å². The molecule has 5 nitrogen and oxygen atoms in total. The Balaban J connectivity index is 2.17. The third kappa shape index (κ3) is 4.87. The van der Waals surface area contributed by atoms with Gasteiger partial charge in [0.25, 0.3) is 0 Å². The molecule has 1 heterocycles. The van der Waals surface area contributed by atoms with Crippen LogP contribution in [0.4, 0.5) is 0 Å². The second-order valence-electron chi connectivity index (χ2n) is 6.62. The second-order valence-corrected chi connectivity index (χ2v) is 6.62. The van der Waals surface area contributed by atoms with Crippen molar-refractivity contribution >= 4 is 0 Å². The molecule has 5 heteroatoms. The summed E-state index contributed by atoms with van der Waals surface area (Å²) in [5, 5.41) is 9.80. The molecule has 0 radical (unpaired) electrons. The van der Waals surface area contributed by atoms with E-state index in [1.54, 1.807) is 7.11 Å². The Labute approximate surface area is 152 Å². The molecule has 138 valence electrons. The number of benzene rings is 1. The lowest BCUT2D eigenvalue weighted by molar-refractivity contribution is 0.0729. The van der Waals surface area contributed by atoms with Crippen LogP contribution in [-0.4, -0.2) is 55.7 Å². The van der Waals surface area contributed by atoms with Crippen molar-refractivity contribution in [3.8, 4) is 17.6 Å². The molecule has 1 aliphatic rings. The number of nitrogens with zero attached hydrogens (tertiary/aromatic N) is 3. The van der Waals surface area contributed by atoms with Crippen LogP contribution in [0.3, 0.4) is 0 Å². The second kappa shape index (κ2) is 9.65. The van der Waals surface area contributed by atoms with Gasteiger partial charge in [-0.05, 0) is 37.6 Å². The van der Waals surface area contributed by atoms with Crippen LogP contribution >= 0.6 is 0 Å². The van der Waals surface area contributed by atoms with E-state index < -0.39 is 0 Å². The Morgan fingerprint density at radius 3 is 2.68 bits per heavy atom. The van der Waals surface area contributed by atoms with Crippen LogP contribution in [0.15, 0.2) is 18.2 Å². The Kier molecular flexibility index (Phi) is 7.54. The van der Waals surface area contributed by atoms with Crippen LogP contribution in [0, 0.1) is 11.3 Å². The van der Waals surface area contributed by atoms with Crippen molar-refractivity contribution in [2.75, 3.05) is 39.9 Å². The smallest absolute Gasteiger partial charge is 0.161 e. The summed E-state index contributed by atoms with van der Waals surface area (Å²) in [7, 11) is 1.65. The average molecular weight is 345 g/mol. The average Bonchev–Trinajstić information content (AvgIpc) is 2.63. The summed E-state index contributed by atoms with van der Waals surface area (Å²) in [6, 6.07) is 8.56. The molecule has 0 amide bonds. The number of unbranched alkanes of at least 4 members (excludes halogenated alkanes) is 1. The SMILES string of the molecule is CCCCOc1cc(C(C#N)N2CCN(CC)C(C)C2)ccc1OC. The van der Waals surface area contributed by atoms with E-state index in [1.165, 1.54) is 0 Å². The summed E-state index contributed by atoms with van der Waals surface area (Å²) < 4.78 is 11.3. The standard InChI is InChI=1S/C20H31N3O2/c1-5-7-12-25-20-13-17(8-9-19(20)24-4)18(14-21)23-11-10-22(6-2)16(3)15-23/h8-9,13,16,18H,5-7,10-12,15H2,1-4H3. The van der Waals surface area contributed by atoms with Crippen molar-refractivity contribution in [1.82, 2.24) is 9.80 Å². The Bertz CT molecular complexity index is 585. The number of rotatable bonds is 8. The van der Waals surface area contributed by atoms with Crippen LogP contribution < -0.4 is 9.47 Å². The van der Waals surface area contributed by atoms with Gasteiger partial charge >= 0.3 is 0 Å². The highest BCUT2D eigenvalue weighted by Gasteiger charge is 2.29. The van der Waals surface area contributed by atoms with Crippen LogP contribution in [0.2, 0.25) is 0 Å². The van der Waals surface area contributed by atoms with Crippen LogP contribution in [-0.2, 0) is 0 Å². The van der Waals surface area contributed by atoms with Crippen molar-refractivity contribution < 1.29 is 9.47 Å². The molecule has 0 saturated carbocycles. The van der Waals surface area contributed by atoms with Crippen molar-refractivity contribution in [2.24, 2.45) is 0 Å². The van der Waals surface area contributed by atoms with Gasteiger partial charge in [-0.15, -0.1) is 0 Å². The monoisotopic (exact) mass is 345 g/mol. The van der Waals surface area contributed by atoms with Gasteiger partial charge in [0, 0.05) is 25.7 Å². The van der Waals surface area contributed by atoms with E-state index in [2.05, 4.69) is 36.6 Å². The number of nitriles is 1. The number of hydrogen-bond acceptors (Lipinski definition) is 5. The summed E-state index contributed by atoms with van der Waals surface area (Å²) in [5.74, 6) is 1.45. The van der Waals surface area contributed by atoms with Gasteiger partial charge in [0.1, 0.15) is 6.04 Å². The summed E-state index contributed by atoms with van der Waals surface area (Å²) in [6.45, 7) is 11.1. The fourth-order valence-corrected chi connectivity index (χ4v) is 3.40. The zero-order valence-corrected chi connectivity index (χ0v) is 16.0. The first-order valence-corrected chi connectivity index (χ1v) is 9.33. The third-order valence-electron chi connectivity index (χ3n) is 4.95. The molecule has 0 spiro atoms. The molecular formula is C20H31N3O2. The summed E-state index contributed by atoms with van der Waals surface area (Å²) in [5.41, 5.74) is 0.979. The van der Waals surface area contributed by atoms with Crippen LogP contribution in [0.5, 0.6) is 11.5 Å². The maximum Gasteiger partial charge on any atom is 0.161 e. The molecule has 25 heavy (non-hydrogen) atoms. The molecule has 1 aromatic rings. The lowest BCUT2D eigenvalue weighted by Gasteiger charge is -2.41. The summed E-state index contributed by atoms with van der Waals surface area (Å²) in [6.07, 6.45) is 2.09. The van der Waals surface area contributed by atoms with Crippen molar-refractivity contribution in [1.29, 1.82) is 5.26 Å². The first-order chi connectivity index (χ1) is 12.1. The predicted octanol–water partition coefficient (Wildman–Crippen LogP) is 3.46. The number of methoxy groups -OCH3 is 1. The van der Waals surface area contributed by atoms with Crippen molar-refractivity contribution in [3.05, 3.63) is 23.8 Å². The zero-order chi connectivity index (χ0) is 18.2. The van der Waals surface area contributed by atoms with E-state index >= 15 is 0 Å². The Hall–Kier alpha value is -1.77. The molecule has 2 rings (SSSR count). The fourth-order valence-electron chi connectivity index (χ4n) is 3.40. The maximum atomic E-state index is 9.80. The van der Waals surface area contributed by atoms with E-state index in [1.807, 2.05) is 18.2 Å². The van der Waals surface area contributed by atoms with Gasteiger partial charge in [0.05, 0.1) is 19.8 Å². The lowest BCUT2D eigenvalue weighted by Crippen LogP contribution is -2.52. The first-order valence-electron chi connectivity index (χ1n) is 9.33. The molecule has 0 aliphatic carbocycles. The van der Waals surface area contributed by atoms with Crippen LogP contribution in [0.25, 0.3) is 0 Å².